The number of nitrogens with one attached hydrogen (secondary N) is 1. The van der Waals surface area contributed by atoms with Gasteiger partial charge in [-0.3, -0.25) is 0 Å². The van der Waals surface area contributed by atoms with Gasteiger partial charge in [-0.15, -0.1) is 0 Å². The number of rotatable bonds is 3. The van der Waals surface area contributed by atoms with E-state index in [4.69, 9.17) is 0 Å². The molecule has 68 valence electrons. The maximum absolute atomic E-state index is 11.3. The highest BCUT2D eigenvalue weighted by Gasteiger charge is 2.24. The Morgan fingerprint density at radius 1 is 1.67 bits per heavy atom. The summed E-state index contributed by atoms with van der Waals surface area (Å²) in [5.41, 5.74) is 1.00. The van der Waals surface area contributed by atoms with Crippen LogP contribution in [0.5, 0.6) is 0 Å². The van der Waals surface area contributed by atoms with Gasteiger partial charge in [0.15, 0.2) is 0 Å². The van der Waals surface area contributed by atoms with Crippen molar-refractivity contribution in [1.82, 2.24) is 10.2 Å². The highest BCUT2D eigenvalue weighted by Crippen LogP contribution is 2.18. The minimum absolute atomic E-state index is 0.0144. The lowest BCUT2D eigenvalue weighted by atomic mass is 10.3. The van der Waals surface area contributed by atoms with E-state index in [0.29, 0.717) is 12.6 Å². The zero-order chi connectivity index (χ0) is 9.14. The molecule has 0 aromatic carbocycles. The van der Waals surface area contributed by atoms with Gasteiger partial charge in [0, 0.05) is 19.6 Å². The van der Waals surface area contributed by atoms with Gasteiger partial charge in [0.05, 0.1) is 0 Å². The van der Waals surface area contributed by atoms with Gasteiger partial charge < -0.3 is 10.2 Å². The maximum atomic E-state index is 11.3. The topological polar surface area (TPSA) is 32.3 Å². The molecule has 0 unspecified atom stereocenters. The highest BCUT2D eigenvalue weighted by molar-refractivity contribution is 5.74. The summed E-state index contributed by atoms with van der Waals surface area (Å²) >= 11 is 0. The summed E-state index contributed by atoms with van der Waals surface area (Å²) < 4.78 is 0. The van der Waals surface area contributed by atoms with Crippen molar-refractivity contribution in [2.24, 2.45) is 0 Å². The second kappa shape index (κ2) is 3.61. The van der Waals surface area contributed by atoms with Crippen molar-refractivity contribution in [3.05, 3.63) is 12.2 Å². The number of carbonyl (C=O) groups is 1. The molecule has 0 saturated heterocycles. The molecular formula is C9H16N2O. The number of nitrogens with zero attached hydrogens (tertiary/aromatic N) is 1. The van der Waals surface area contributed by atoms with E-state index in [1.807, 2.05) is 6.92 Å². The molecule has 1 aliphatic rings. The first kappa shape index (κ1) is 9.10. The maximum Gasteiger partial charge on any atom is 0.317 e. The fourth-order valence-electron chi connectivity index (χ4n) is 0.989. The van der Waals surface area contributed by atoms with Crippen molar-refractivity contribution in [2.75, 3.05) is 13.6 Å². The summed E-state index contributed by atoms with van der Waals surface area (Å²) in [6, 6.07) is 0.450. The van der Waals surface area contributed by atoms with E-state index < -0.39 is 0 Å². The summed E-state index contributed by atoms with van der Waals surface area (Å²) in [5.74, 6) is 0. The lowest BCUT2D eigenvalue weighted by Crippen LogP contribution is -2.39. The predicted molar refractivity (Wildman–Crippen MR) is 49.0 cm³/mol. The Hall–Kier alpha value is -0.990. The molecule has 0 aromatic rings. The molecule has 0 spiro atoms. The van der Waals surface area contributed by atoms with Crippen LogP contribution in [-0.2, 0) is 0 Å². The summed E-state index contributed by atoms with van der Waals surface area (Å²) in [6.45, 7) is 6.31. The van der Waals surface area contributed by atoms with Crippen LogP contribution in [0.15, 0.2) is 12.2 Å². The van der Waals surface area contributed by atoms with E-state index >= 15 is 0 Å². The van der Waals surface area contributed by atoms with Crippen LogP contribution in [0, 0.1) is 0 Å². The standard InChI is InChI=1S/C9H16N2O/c1-7(2)6-11(3)9(12)10-8-4-5-8/h8H,1,4-6H2,2-3H3,(H,10,12). The Balaban J connectivity index is 2.24. The molecule has 1 fully saturated rings. The van der Waals surface area contributed by atoms with Crippen molar-refractivity contribution in [1.29, 1.82) is 0 Å². The normalized spacial score (nSPS) is 15.5. The summed E-state index contributed by atoms with van der Waals surface area (Å²) in [6.07, 6.45) is 2.26. The molecule has 1 rings (SSSR count). The molecule has 0 aromatic heterocycles. The van der Waals surface area contributed by atoms with Crippen molar-refractivity contribution >= 4 is 6.03 Å². The first-order valence-corrected chi connectivity index (χ1v) is 4.25. The largest absolute Gasteiger partial charge is 0.335 e. The van der Waals surface area contributed by atoms with Gasteiger partial charge in [0.1, 0.15) is 0 Å². The third kappa shape index (κ3) is 2.95. The lowest BCUT2D eigenvalue weighted by Gasteiger charge is -2.17. The fourth-order valence-corrected chi connectivity index (χ4v) is 0.989. The molecule has 0 radical (unpaired) electrons. The first-order chi connectivity index (χ1) is 5.59. The Labute approximate surface area is 73.4 Å². The highest BCUT2D eigenvalue weighted by atomic mass is 16.2. The molecule has 1 aliphatic carbocycles. The van der Waals surface area contributed by atoms with Gasteiger partial charge in [0.25, 0.3) is 0 Å². The molecule has 2 amide bonds. The van der Waals surface area contributed by atoms with Crippen LogP contribution in [0.1, 0.15) is 19.8 Å². The summed E-state index contributed by atoms with van der Waals surface area (Å²) in [4.78, 5) is 13.0. The van der Waals surface area contributed by atoms with Crippen molar-refractivity contribution in [3.8, 4) is 0 Å². The zero-order valence-corrected chi connectivity index (χ0v) is 7.76. The van der Waals surface area contributed by atoms with Crippen LogP contribution in [0.3, 0.4) is 0 Å². The molecule has 1 saturated carbocycles. The Morgan fingerprint density at radius 3 is 2.67 bits per heavy atom. The van der Waals surface area contributed by atoms with E-state index in [1.165, 1.54) is 0 Å². The Morgan fingerprint density at radius 2 is 2.25 bits per heavy atom. The molecule has 3 heteroatoms. The third-order valence-electron chi connectivity index (χ3n) is 1.76. The quantitative estimate of drug-likeness (QED) is 0.634. The third-order valence-corrected chi connectivity index (χ3v) is 1.76. The van der Waals surface area contributed by atoms with Crippen LogP contribution in [0.4, 0.5) is 4.79 Å². The molecule has 3 nitrogen and oxygen atoms in total. The van der Waals surface area contributed by atoms with E-state index in [-0.39, 0.29) is 6.03 Å². The molecule has 0 heterocycles. The average Bonchev–Trinajstić information content (AvgIpc) is 2.70. The number of likely N-dealkylation sites (N-methyl/N-ethyl adjacent to an activating group) is 1. The molecule has 0 bridgehead atoms. The smallest absolute Gasteiger partial charge is 0.317 e. The van der Waals surface area contributed by atoms with Gasteiger partial charge in [-0.05, 0) is 19.8 Å². The molecule has 0 atom stereocenters. The predicted octanol–water partition coefficient (Wildman–Crippen LogP) is 1.37. The van der Waals surface area contributed by atoms with E-state index in [9.17, 15) is 4.79 Å². The summed E-state index contributed by atoms with van der Waals surface area (Å²) in [5, 5.41) is 2.90. The molecule has 12 heavy (non-hydrogen) atoms. The van der Waals surface area contributed by atoms with Crippen LogP contribution in [-0.4, -0.2) is 30.6 Å². The van der Waals surface area contributed by atoms with Crippen molar-refractivity contribution in [3.63, 3.8) is 0 Å². The second-order valence-corrected chi connectivity index (χ2v) is 3.54. The molecule has 0 aliphatic heterocycles. The monoisotopic (exact) mass is 168 g/mol. The Kier molecular flexibility index (Phi) is 2.74. The van der Waals surface area contributed by atoms with E-state index in [2.05, 4.69) is 11.9 Å². The minimum atomic E-state index is 0.0144. The number of hydrogen-bond acceptors (Lipinski definition) is 1. The Bertz CT molecular complexity index is 197. The average molecular weight is 168 g/mol. The van der Waals surface area contributed by atoms with Gasteiger partial charge in [-0.2, -0.15) is 0 Å². The van der Waals surface area contributed by atoms with Gasteiger partial charge in [0.2, 0.25) is 0 Å². The van der Waals surface area contributed by atoms with Crippen molar-refractivity contribution < 1.29 is 4.79 Å². The van der Waals surface area contributed by atoms with Crippen LogP contribution in [0.2, 0.25) is 0 Å². The lowest BCUT2D eigenvalue weighted by molar-refractivity contribution is 0.212. The number of carbonyl (C=O) groups excluding carboxylic acids is 1. The number of hydrogen-bond donors (Lipinski definition) is 1. The number of amides is 2. The number of urea groups is 1. The van der Waals surface area contributed by atoms with Crippen LogP contribution >= 0.6 is 0 Å². The minimum Gasteiger partial charge on any atom is -0.335 e. The second-order valence-electron chi connectivity index (χ2n) is 3.54. The van der Waals surface area contributed by atoms with Crippen molar-refractivity contribution in [2.45, 2.75) is 25.8 Å². The van der Waals surface area contributed by atoms with Gasteiger partial charge >= 0.3 is 6.03 Å². The first-order valence-electron chi connectivity index (χ1n) is 4.25. The summed E-state index contributed by atoms with van der Waals surface area (Å²) in [7, 11) is 1.78. The van der Waals surface area contributed by atoms with Crippen LogP contribution in [0.25, 0.3) is 0 Å². The van der Waals surface area contributed by atoms with E-state index in [1.54, 1.807) is 11.9 Å². The molecular weight excluding hydrogens is 152 g/mol. The van der Waals surface area contributed by atoms with E-state index in [0.717, 1.165) is 18.4 Å². The molecule has 1 N–H and O–H groups in total. The van der Waals surface area contributed by atoms with Gasteiger partial charge in [-0.25, -0.2) is 4.79 Å². The zero-order valence-electron chi connectivity index (χ0n) is 7.76. The van der Waals surface area contributed by atoms with Gasteiger partial charge in [-0.1, -0.05) is 12.2 Å². The fraction of sp³-hybridized carbons (Fsp3) is 0.667. The SMILES string of the molecule is C=C(C)CN(C)C(=O)NC1CC1. The van der Waals surface area contributed by atoms with Crippen LogP contribution < -0.4 is 5.32 Å².